The van der Waals surface area contributed by atoms with Gasteiger partial charge in [-0.25, -0.2) is 8.78 Å². The maximum Gasteiger partial charge on any atom is 0.253 e. The van der Waals surface area contributed by atoms with Gasteiger partial charge in [-0.2, -0.15) is 0 Å². The van der Waals surface area contributed by atoms with E-state index in [-0.39, 0.29) is 31.8 Å². The number of carbonyl (C=O) groups is 1. The van der Waals surface area contributed by atoms with Crippen LogP contribution in [0.2, 0.25) is 0 Å². The van der Waals surface area contributed by atoms with Gasteiger partial charge < -0.3 is 10.6 Å². The second-order valence-corrected chi connectivity index (χ2v) is 4.55. The van der Waals surface area contributed by atoms with Crippen molar-refractivity contribution in [3.05, 3.63) is 35.4 Å². The van der Waals surface area contributed by atoms with Crippen molar-refractivity contribution in [1.29, 1.82) is 0 Å². The Kier molecular flexibility index (Phi) is 3.61. The number of hydrogen-bond donors (Lipinski definition) is 1. The molecule has 2 N–H and O–H groups in total. The summed E-state index contributed by atoms with van der Waals surface area (Å²) in [6, 6.07) is 6.95. The second-order valence-electron chi connectivity index (χ2n) is 4.55. The SMILES string of the molecule is NCc1ccc(C(=O)N2CCC(F)(F)CC2)cc1. The minimum atomic E-state index is -2.62. The van der Waals surface area contributed by atoms with E-state index >= 15 is 0 Å². The molecule has 5 heteroatoms. The van der Waals surface area contributed by atoms with Crippen molar-refractivity contribution in [2.75, 3.05) is 13.1 Å². The normalized spacial score (nSPS) is 18.7. The topological polar surface area (TPSA) is 46.3 Å². The van der Waals surface area contributed by atoms with Crippen molar-refractivity contribution in [1.82, 2.24) is 4.90 Å². The lowest BCUT2D eigenvalue weighted by Gasteiger charge is -2.31. The van der Waals surface area contributed by atoms with Crippen LogP contribution in [0.1, 0.15) is 28.8 Å². The monoisotopic (exact) mass is 254 g/mol. The van der Waals surface area contributed by atoms with Gasteiger partial charge >= 0.3 is 0 Å². The van der Waals surface area contributed by atoms with Crippen LogP contribution in [0.25, 0.3) is 0 Å². The zero-order valence-electron chi connectivity index (χ0n) is 10.0. The fourth-order valence-electron chi connectivity index (χ4n) is 2.00. The van der Waals surface area contributed by atoms with Crippen LogP contribution in [-0.2, 0) is 6.54 Å². The average Bonchev–Trinajstić information content (AvgIpc) is 2.38. The van der Waals surface area contributed by atoms with Gasteiger partial charge in [0.15, 0.2) is 0 Å². The summed E-state index contributed by atoms with van der Waals surface area (Å²) in [5.74, 6) is -2.81. The lowest BCUT2D eigenvalue weighted by molar-refractivity contribution is -0.0494. The summed E-state index contributed by atoms with van der Waals surface area (Å²) >= 11 is 0. The molecule has 18 heavy (non-hydrogen) atoms. The van der Waals surface area contributed by atoms with Gasteiger partial charge in [0.2, 0.25) is 0 Å². The number of nitrogens with zero attached hydrogens (tertiary/aromatic N) is 1. The molecule has 2 rings (SSSR count). The van der Waals surface area contributed by atoms with E-state index in [0.29, 0.717) is 12.1 Å². The third-order valence-corrected chi connectivity index (χ3v) is 3.22. The first kappa shape index (κ1) is 13.0. The number of alkyl halides is 2. The molecule has 0 bridgehead atoms. The highest BCUT2D eigenvalue weighted by atomic mass is 19.3. The molecular formula is C13H16F2N2O. The van der Waals surface area contributed by atoms with Gasteiger partial charge in [-0.15, -0.1) is 0 Å². The maximum absolute atomic E-state index is 13.0. The fraction of sp³-hybridized carbons (Fsp3) is 0.462. The number of rotatable bonds is 2. The van der Waals surface area contributed by atoms with Crippen LogP contribution in [-0.4, -0.2) is 29.8 Å². The molecule has 0 spiro atoms. The number of carbonyl (C=O) groups excluding carboxylic acids is 1. The van der Waals surface area contributed by atoms with Gasteiger partial charge in [0, 0.05) is 38.0 Å². The second kappa shape index (κ2) is 5.02. The number of likely N-dealkylation sites (tertiary alicyclic amines) is 1. The Hall–Kier alpha value is -1.49. The Balaban J connectivity index is 2.03. The molecule has 0 radical (unpaired) electrons. The highest BCUT2D eigenvalue weighted by Gasteiger charge is 2.35. The molecule has 0 aromatic heterocycles. The molecule has 0 atom stereocenters. The number of benzene rings is 1. The van der Waals surface area contributed by atoms with E-state index in [1.807, 2.05) is 0 Å². The quantitative estimate of drug-likeness (QED) is 0.877. The van der Waals surface area contributed by atoms with E-state index < -0.39 is 5.92 Å². The lowest BCUT2D eigenvalue weighted by Crippen LogP contribution is -2.42. The Bertz CT molecular complexity index is 421. The van der Waals surface area contributed by atoms with Crippen molar-refractivity contribution in [2.45, 2.75) is 25.3 Å². The predicted molar refractivity (Wildman–Crippen MR) is 64.4 cm³/mol. The largest absolute Gasteiger partial charge is 0.338 e. The van der Waals surface area contributed by atoms with Crippen LogP contribution in [0.4, 0.5) is 8.78 Å². The van der Waals surface area contributed by atoms with Gasteiger partial charge in [0.05, 0.1) is 0 Å². The maximum atomic E-state index is 13.0. The molecule has 1 aliphatic heterocycles. The van der Waals surface area contributed by atoms with Crippen LogP contribution < -0.4 is 5.73 Å². The van der Waals surface area contributed by atoms with Crippen molar-refractivity contribution in [3.8, 4) is 0 Å². The highest BCUT2D eigenvalue weighted by Crippen LogP contribution is 2.28. The summed E-state index contributed by atoms with van der Waals surface area (Å²) in [5.41, 5.74) is 6.94. The molecular weight excluding hydrogens is 238 g/mol. The number of piperidine rings is 1. The van der Waals surface area contributed by atoms with Gasteiger partial charge in [-0.1, -0.05) is 12.1 Å². The third kappa shape index (κ3) is 2.85. The van der Waals surface area contributed by atoms with E-state index in [0.717, 1.165) is 5.56 Å². The first-order valence-electron chi connectivity index (χ1n) is 5.98. The zero-order valence-corrected chi connectivity index (χ0v) is 10.0. The number of amides is 1. The van der Waals surface area contributed by atoms with E-state index in [1.54, 1.807) is 24.3 Å². The smallest absolute Gasteiger partial charge is 0.253 e. The molecule has 1 aromatic carbocycles. The average molecular weight is 254 g/mol. The molecule has 0 unspecified atom stereocenters. The molecule has 98 valence electrons. The molecule has 1 saturated heterocycles. The van der Waals surface area contributed by atoms with Crippen LogP contribution >= 0.6 is 0 Å². The van der Waals surface area contributed by atoms with Crippen LogP contribution in [0, 0.1) is 0 Å². The van der Waals surface area contributed by atoms with Crippen LogP contribution in [0.3, 0.4) is 0 Å². The molecule has 1 aromatic rings. The van der Waals surface area contributed by atoms with Crippen LogP contribution in [0.5, 0.6) is 0 Å². The summed E-state index contributed by atoms with van der Waals surface area (Å²) in [4.78, 5) is 13.5. The molecule has 3 nitrogen and oxygen atoms in total. The van der Waals surface area contributed by atoms with Crippen molar-refractivity contribution >= 4 is 5.91 Å². The van der Waals surface area contributed by atoms with Crippen molar-refractivity contribution in [2.24, 2.45) is 5.73 Å². The number of hydrogen-bond acceptors (Lipinski definition) is 2. The molecule has 0 saturated carbocycles. The van der Waals surface area contributed by atoms with Crippen LogP contribution in [0.15, 0.2) is 24.3 Å². The van der Waals surface area contributed by atoms with E-state index in [2.05, 4.69) is 0 Å². The predicted octanol–water partition coefficient (Wildman–Crippen LogP) is 2.02. The summed E-state index contributed by atoms with van der Waals surface area (Å²) in [6.07, 6.45) is -0.501. The molecule has 1 aliphatic rings. The van der Waals surface area contributed by atoms with E-state index in [4.69, 9.17) is 5.73 Å². The Labute approximate surface area is 105 Å². The first-order valence-corrected chi connectivity index (χ1v) is 5.98. The Morgan fingerprint density at radius 2 is 1.78 bits per heavy atom. The van der Waals surface area contributed by atoms with Gasteiger partial charge in [-0.3, -0.25) is 4.79 Å². The standard InChI is InChI=1S/C13H16F2N2O/c14-13(15)5-7-17(8-6-13)12(18)11-3-1-10(9-16)2-4-11/h1-4H,5-9,16H2. The van der Waals surface area contributed by atoms with Crippen molar-refractivity contribution < 1.29 is 13.6 Å². The van der Waals surface area contributed by atoms with Gasteiger partial charge in [0.25, 0.3) is 11.8 Å². The van der Waals surface area contributed by atoms with Gasteiger partial charge in [-0.05, 0) is 17.7 Å². The molecule has 1 heterocycles. The molecule has 1 amide bonds. The minimum absolute atomic E-state index is 0.116. The highest BCUT2D eigenvalue weighted by molar-refractivity contribution is 5.94. The Morgan fingerprint density at radius 1 is 1.22 bits per heavy atom. The van der Waals surface area contributed by atoms with Gasteiger partial charge in [0.1, 0.15) is 0 Å². The lowest BCUT2D eigenvalue weighted by atomic mass is 10.0. The third-order valence-electron chi connectivity index (χ3n) is 3.22. The molecule has 1 fully saturated rings. The summed E-state index contributed by atoms with van der Waals surface area (Å²) in [5, 5.41) is 0. The summed E-state index contributed by atoms with van der Waals surface area (Å²) in [7, 11) is 0. The number of halogens is 2. The Morgan fingerprint density at radius 3 is 2.28 bits per heavy atom. The summed E-state index contributed by atoms with van der Waals surface area (Å²) in [6.45, 7) is 0.652. The van der Waals surface area contributed by atoms with E-state index in [1.165, 1.54) is 4.90 Å². The van der Waals surface area contributed by atoms with E-state index in [9.17, 15) is 13.6 Å². The minimum Gasteiger partial charge on any atom is -0.338 e. The van der Waals surface area contributed by atoms with Crippen molar-refractivity contribution in [3.63, 3.8) is 0 Å². The molecule has 0 aliphatic carbocycles. The zero-order chi connectivity index (χ0) is 13.2. The number of nitrogens with two attached hydrogens (primary N) is 1. The first-order chi connectivity index (χ1) is 8.52. The summed E-state index contributed by atoms with van der Waals surface area (Å²) < 4.78 is 26.0. The fourth-order valence-corrected chi connectivity index (χ4v) is 2.00.